The van der Waals surface area contributed by atoms with Crippen molar-refractivity contribution in [2.75, 3.05) is 16.6 Å². The van der Waals surface area contributed by atoms with E-state index in [1.165, 1.54) is 30.3 Å². The molecule has 1 amide bonds. The standard InChI is InChI=1S/C26H25N3O4S/c1-4-33-23-12-8-20(9-13-23)16-21(17-27)26(30)28-22-10-14-24(15-11-22)34(31,32)29-25-18(2)6-5-7-19(25)3/h5-16,29H,4H2,1-3H3,(H,28,30)/b21-16+. The van der Waals surface area contributed by atoms with Crippen molar-refractivity contribution in [2.45, 2.75) is 25.7 Å². The van der Waals surface area contributed by atoms with Gasteiger partial charge in [-0.3, -0.25) is 9.52 Å². The third-order valence-corrected chi connectivity index (χ3v) is 6.37. The lowest BCUT2D eigenvalue weighted by Crippen LogP contribution is -2.16. The molecule has 0 radical (unpaired) electrons. The van der Waals surface area contributed by atoms with Crippen LogP contribution in [0.3, 0.4) is 0 Å². The van der Waals surface area contributed by atoms with Crippen LogP contribution in [0.25, 0.3) is 6.08 Å². The number of rotatable bonds is 8. The number of para-hydroxylation sites is 1. The Labute approximate surface area is 199 Å². The highest BCUT2D eigenvalue weighted by molar-refractivity contribution is 7.92. The molecule has 0 aliphatic carbocycles. The van der Waals surface area contributed by atoms with Gasteiger partial charge >= 0.3 is 0 Å². The summed E-state index contributed by atoms with van der Waals surface area (Å²) in [6, 6.07) is 20.2. The normalized spacial score (nSPS) is 11.4. The quantitative estimate of drug-likeness (QED) is 0.350. The molecule has 0 aliphatic rings. The van der Waals surface area contributed by atoms with Gasteiger partial charge < -0.3 is 10.1 Å². The maximum atomic E-state index is 12.8. The topological polar surface area (TPSA) is 108 Å². The molecule has 3 aromatic carbocycles. The first-order valence-corrected chi connectivity index (χ1v) is 12.1. The van der Waals surface area contributed by atoms with E-state index in [9.17, 15) is 18.5 Å². The second-order valence-corrected chi connectivity index (χ2v) is 9.21. The molecule has 3 aromatic rings. The van der Waals surface area contributed by atoms with Crippen molar-refractivity contribution in [3.8, 4) is 11.8 Å². The molecule has 34 heavy (non-hydrogen) atoms. The minimum atomic E-state index is -3.81. The summed E-state index contributed by atoms with van der Waals surface area (Å²) in [6.07, 6.45) is 1.47. The van der Waals surface area contributed by atoms with E-state index in [1.807, 2.05) is 45.0 Å². The molecule has 0 aliphatic heterocycles. The monoisotopic (exact) mass is 475 g/mol. The minimum Gasteiger partial charge on any atom is -0.494 e. The van der Waals surface area contributed by atoms with Crippen LogP contribution in [0.15, 0.2) is 77.2 Å². The molecule has 0 saturated carbocycles. The van der Waals surface area contributed by atoms with Crippen molar-refractivity contribution in [1.29, 1.82) is 5.26 Å². The van der Waals surface area contributed by atoms with Crippen LogP contribution in [-0.4, -0.2) is 20.9 Å². The van der Waals surface area contributed by atoms with Crippen LogP contribution in [0.2, 0.25) is 0 Å². The predicted molar refractivity (Wildman–Crippen MR) is 133 cm³/mol. The molecule has 0 fully saturated rings. The first-order chi connectivity index (χ1) is 16.2. The summed E-state index contributed by atoms with van der Waals surface area (Å²) in [5.74, 6) is 0.102. The fourth-order valence-electron chi connectivity index (χ4n) is 3.23. The molecule has 0 spiro atoms. The molecule has 2 N–H and O–H groups in total. The van der Waals surface area contributed by atoms with Gasteiger partial charge in [-0.05, 0) is 79.9 Å². The van der Waals surface area contributed by atoms with Crippen molar-refractivity contribution in [3.05, 3.63) is 89.0 Å². The second kappa shape index (κ2) is 10.7. The maximum absolute atomic E-state index is 12.8. The lowest BCUT2D eigenvalue weighted by Gasteiger charge is -2.13. The Morgan fingerprint density at radius 3 is 2.18 bits per heavy atom. The average molecular weight is 476 g/mol. The molecular formula is C26H25N3O4S. The number of benzene rings is 3. The van der Waals surface area contributed by atoms with E-state index in [4.69, 9.17) is 4.74 Å². The van der Waals surface area contributed by atoms with Crippen molar-refractivity contribution in [3.63, 3.8) is 0 Å². The summed E-state index contributed by atoms with van der Waals surface area (Å²) in [7, 11) is -3.81. The number of hydrogen-bond acceptors (Lipinski definition) is 5. The Hall–Kier alpha value is -4.09. The third kappa shape index (κ3) is 6.03. The zero-order valence-corrected chi connectivity index (χ0v) is 19.9. The first-order valence-electron chi connectivity index (χ1n) is 10.6. The van der Waals surface area contributed by atoms with Gasteiger partial charge in [-0.1, -0.05) is 30.3 Å². The Balaban J connectivity index is 1.73. The van der Waals surface area contributed by atoms with Crippen LogP contribution >= 0.6 is 0 Å². The fraction of sp³-hybridized carbons (Fsp3) is 0.154. The largest absolute Gasteiger partial charge is 0.494 e. The highest BCUT2D eigenvalue weighted by atomic mass is 32.2. The highest BCUT2D eigenvalue weighted by Gasteiger charge is 2.17. The van der Waals surface area contributed by atoms with E-state index in [2.05, 4.69) is 10.0 Å². The van der Waals surface area contributed by atoms with Gasteiger partial charge in [0, 0.05) is 5.69 Å². The SMILES string of the molecule is CCOc1ccc(/C=C(\C#N)C(=O)Nc2ccc(S(=O)(=O)Nc3c(C)cccc3C)cc2)cc1. The number of anilines is 2. The molecule has 7 nitrogen and oxygen atoms in total. The molecule has 0 unspecified atom stereocenters. The summed E-state index contributed by atoms with van der Waals surface area (Å²) < 4.78 is 33.6. The number of carbonyl (C=O) groups excluding carboxylic acids is 1. The van der Waals surface area contributed by atoms with E-state index in [-0.39, 0.29) is 10.5 Å². The van der Waals surface area contributed by atoms with Crippen molar-refractivity contribution >= 4 is 33.4 Å². The zero-order valence-electron chi connectivity index (χ0n) is 19.1. The van der Waals surface area contributed by atoms with Gasteiger partial charge in [-0.15, -0.1) is 0 Å². The van der Waals surface area contributed by atoms with Crippen LogP contribution in [0.5, 0.6) is 5.75 Å². The molecule has 0 atom stereocenters. The predicted octanol–water partition coefficient (Wildman–Crippen LogP) is 5.05. The molecule has 0 saturated heterocycles. The molecule has 0 bridgehead atoms. The van der Waals surface area contributed by atoms with Crippen molar-refractivity contribution in [1.82, 2.24) is 0 Å². The van der Waals surface area contributed by atoms with E-state index in [0.717, 1.165) is 11.1 Å². The highest BCUT2D eigenvalue weighted by Crippen LogP contribution is 2.24. The second-order valence-electron chi connectivity index (χ2n) is 7.52. The number of nitriles is 1. The minimum absolute atomic E-state index is 0.0542. The Morgan fingerprint density at radius 2 is 1.62 bits per heavy atom. The number of ether oxygens (including phenoxy) is 1. The summed E-state index contributed by atoms with van der Waals surface area (Å²) in [5, 5.41) is 12.0. The fourth-order valence-corrected chi connectivity index (χ4v) is 4.43. The van der Waals surface area contributed by atoms with Gasteiger partial charge in [0.2, 0.25) is 0 Å². The molecular weight excluding hydrogens is 450 g/mol. The lowest BCUT2D eigenvalue weighted by atomic mass is 10.1. The molecule has 0 heterocycles. The Kier molecular flexibility index (Phi) is 7.71. The van der Waals surface area contributed by atoms with E-state index < -0.39 is 15.9 Å². The molecule has 8 heteroatoms. The molecule has 174 valence electrons. The smallest absolute Gasteiger partial charge is 0.266 e. The zero-order chi connectivity index (χ0) is 24.7. The summed E-state index contributed by atoms with van der Waals surface area (Å²) in [4.78, 5) is 12.6. The summed E-state index contributed by atoms with van der Waals surface area (Å²) in [5.41, 5.74) is 3.13. The molecule has 3 rings (SSSR count). The molecule has 0 aromatic heterocycles. The van der Waals surface area contributed by atoms with Gasteiger partial charge in [0.25, 0.3) is 15.9 Å². The van der Waals surface area contributed by atoms with Gasteiger partial charge in [-0.2, -0.15) is 5.26 Å². The van der Waals surface area contributed by atoms with E-state index >= 15 is 0 Å². The van der Waals surface area contributed by atoms with Crippen molar-refractivity contribution in [2.24, 2.45) is 0 Å². The Morgan fingerprint density at radius 1 is 1.00 bits per heavy atom. The third-order valence-electron chi connectivity index (χ3n) is 5.01. The van der Waals surface area contributed by atoms with Gasteiger partial charge in [-0.25, -0.2) is 8.42 Å². The van der Waals surface area contributed by atoms with Gasteiger partial charge in [0.15, 0.2) is 0 Å². The number of hydrogen-bond donors (Lipinski definition) is 2. The maximum Gasteiger partial charge on any atom is 0.266 e. The first kappa shape index (κ1) is 24.6. The van der Waals surface area contributed by atoms with Gasteiger partial charge in [0.1, 0.15) is 17.4 Å². The number of nitrogens with one attached hydrogen (secondary N) is 2. The summed E-state index contributed by atoms with van der Waals surface area (Å²) in [6.45, 7) is 6.09. The number of sulfonamides is 1. The number of amides is 1. The van der Waals surface area contributed by atoms with Crippen molar-refractivity contribution < 1.29 is 17.9 Å². The number of aryl methyl sites for hydroxylation is 2. The average Bonchev–Trinajstić information content (AvgIpc) is 2.81. The van der Waals surface area contributed by atoms with Crippen LogP contribution in [-0.2, 0) is 14.8 Å². The Bertz CT molecular complexity index is 1330. The lowest BCUT2D eigenvalue weighted by molar-refractivity contribution is -0.112. The van der Waals surface area contributed by atoms with Crippen LogP contribution in [0, 0.1) is 25.2 Å². The summed E-state index contributed by atoms with van der Waals surface area (Å²) >= 11 is 0. The number of carbonyl (C=O) groups is 1. The van der Waals surface area contributed by atoms with E-state index in [0.29, 0.717) is 29.3 Å². The van der Waals surface area contributed by atoms with E-state index in [1.54, 1.807) is 24.3 Å². The van der Waals surface area contributed by atoms with Crippen LogP contribution < -0.4 is 14.8 Å². The van der Waals surface area contributed by atoms with Crippen LogP contribution in [0.1, 0.15) is 23.6 Å². The number of nitrogens with zero attached hydrogens (tertiary/aromatic N) is 1. The van der Waals surface area contributed by atoms with Crippen LogP contribution in [0.4, 0.5) is 11.4 Å². The van der Waals surface area contributed by atoms with Gasteiger partial charge in [0.05, 0.1) is 17.2 Å².